The van der Waals surface area contributed by atoms with Crippen LogP contribution in [0, 0.1) is 0 Å². The van der Waals surface area contributed by atoms with Crippen molar-refractivity contribution >= 4 is 0 Å². The van der Waals surface area contributed by atoms with E-state index in [1.54, 1.807) is 0 Å². The van der Waals surface area contributed by atoms with Crippen LogP contribution in [-0.2, 0) is 9.47 Å². The van der Waals surface area contributed by atoms with Crippen molar-refractivity contribution in [1.82, 2.24) is 4.90 Å². The lowest BCUT2D eigenvalue weighted by Crippen LogP contribution is -2.33. The lowest BCUT2D eigenvalue weighted by Gasteiger charge is -2.21. The van der Waals surface area contributed by atoms with Gasteiger partial charge in [-0.15, -0.1) is 0 Å². The third kappa shape index (κ3) is 40.0. The van der Waals surface area contributed by atoms with Crippen molar-refractivity contribution in [3.8, 4) is 0 Å². The Morgan fingerprint density at radius 1 is 0.304 bits per heavy atom. The Labute approximate surface area is 290 Å². The first-order chi connectivity index (χ1) is 22.8. The molecule has 0 aliphatic rings. The van der Waals surface area contributed by atoms with E-state index in [-0.39, 0.29) is 6.61 Å². The number of nitrogens with zero attached hydrogens (tertiary/aromatic N) is 1. The zero-order chi connectivity index (χ0) is 33.3. The molecule has 0 rings (SSSR count). The van der Waals surface area contributed by atoms with E-state index >= 15 is 0 Å². The van der Waals surface area contributed by atoms with Crippen LogP contribution in [-0.4, -0.2) is 62.7 Å². The Morgan fingerprint density at radius 3 is 0.783 bits per heavy atom. The van der Waals surface area contributed by atoms with E-state index in [0.29, 0.717) is 6.54 Å². The lowest BCUT2D eigenvalue weighted by molar-refractivity contribution is 0.0649. The number of rotatable bonds is 42. The van der Waals surface area contributed by atoms with Gasteiger partial charge in [0.1, 0.15) is 0 Å². The second kappa shape index (κ2) is 42.9. The quantitative estimate of drug-likeness (QED) is 0.0666. The Morgan fingerprint density at radius 2 is 0.543 bits per heavy atom. The molecule has 4 heteroatoms. The number of unbranched alkanes of at least 4 members (excludes halogenated alkanes) is 30. The van der Waals surface area contributed by atoms with Gasteiger partial charge in [0, 0.05) is 32.8 Å². The Kier molecular flexibility index (Phi) is 42.7. The molecule has 4 nitrogen and oxygen atoms in total. The summed E-state index contributed by atoms with van der Waals surface area (Å²) in [5.74, 6) is 0. The van der Waals surface area contributed by atoms with Gasteiger partial charge in [0.05, 0.1) is 19.8 Å². The normalized spacial score (nSPS) is 11.7. The van der Waals surface area contributed by atoms with Crippen LogP contribution in [0.25, 0.3) is 0 Å². The number of aliphatic hydroxyl groups is 1. The summed E-state index contributed by atoms with van der Waals surface area (Å²) in [6, 6.07) is 0. The van der Waals surface area contributed by atoms with Gasteiger partial charge in [-0.2, -0.15) is 0 Å². The van der Waals surface area contributed by atoms with Crippen molar-refractivity contribution in [2.45, 2.75) is 219 Å². The molecule has 0 aliphatic heterocycles. The highest BCUT2D eigenvalue weighted by Crippen LogP contribution is 2.15. The summed E-state index contributed by atoms with van der Waals surface area (Å²) < 4.78 is 11.8. The van der Waals surface area contributed by atoms with Crippen LogP contribution >= 0.6 is 0 Å². The van der Waals surface area contributed by atoms with Gasteiger partial charge in [0.2, 0.25) is 0 Å². The molecule has 278 valence electrons. The summed E-state index contributed by atoms with van der Waals surface area (Å²) in [6.45, 7) is 10.6. The highest BCUT2D eigenvalue weighted by Gasteiger charge is 2.04. The zero-order valence-electron chi connectivity index (χ0n) is 32.0. The second-order valence-electron chi connectivity index (χ2n) is 14.4. The summed E-state index contributed by atoms with van der Waals surface area (Å²) in [5.41, 5.74) is 0. The van der Waals surface area contributed by atoms with Gasteiger partial charge in [-0.3, -0.25) is 4.90 Å². The SMILES string of the molecule is CCCCCCCCCCCCCCCCCCOCCN(CCO)CCOCCCCCCCCCCCCCCCCCC. The first-order valence-electron chi connectivity index (χ1n) is 21.3. The van der Waals surface area contributed by atoms with E-state index in [4.69, 9.17) is 9.47 Å². The summed E-state index contributed by atoms with van der Waals surface area (Å²) in [5, 5.41) is 9.43. The van der Waals surface area contributed by atoms with Crippen molar-refractivity contribution in [3.63, 3.8) is 0 Å². The standard InChI is InChI=1S/C42H87NO3/c1-3-5-7-9-11-13-15-17-19-21-23-25-27-29-31-33-39-45-41-36-43(35-38-44)37-42-46-40-34-32-30-28-26-24-22-20-18-16-14-12-10-8-6-4-2/h44H,3-42H2,1-2H3. The molecule has 0 saturated heterocycles. The second-order valence-corrected chi connectivity index (χ2v) is 14.4. The average Bonchev–Trinajstić information content (AvgIpc) is 3.06. The van der Waals surface area contributed by atoms with Gasteiger partial charge in [-0.25, -0.2) is 0 Å². The molecule has 0 amide bonds. The maximum atomic E-state index is 9.43. The van der Waals surface area contributed by atoms with Crippen molar-refractivity contribution in [3.05, 3.63) is 0 Å². The molecule has 1 N–H and O–H groups in total. The monoisotopic (exact) mass is 654 g/mol. The van der Waals surface area contributed by atoms with E-state index in [2.05, 4.69) is 18.7 Å². The van der Waals surface area contributed by atoms with E-state index in [1.165, 1.54) is 205 Å². The molecule has 0 atom stereocenters. The summed E-state index contributed by atoms with van der Waals surface area (Å²) in [6.07, 6.45) is 44.9. The van der Waals surface area contributed by atoms with Crippen LogP contribution in [0.15, 0.2) is 0 Å². The molecule has 0 aliphatic carbocycles. The van der Waals surface area contributed by atoms with Crippen LogP contribution in [0.3, 0.4) is 0 Å². The van der Waals surface area contributed by atoms with Gasteiger partial charge in [-0.1, -0.05) is 206 Å². The number of ether oxygens (including phenoxy) is 2. The predicted octanol–water partition coefficient (Wildman–Crippen LogP) is 12.8. The van der Waals surface area contributed by atoms with E-state index in [9.17, 15) is 5.11 Å². The molecule has 0 heterocycles. The first-order valence-corrected chi connectivity index (χ1v) is 21.3. The Bertz CT molecular complexity index is 475. The van der Waals surface area contributed by atoms with Crippen LogP contribution < -0.4 is 0 Å². The number of hydrogen-bond acceptors (Lipinski definition) is 4. The zero-order valence-corrected chi connectivity index (χ0v) is 32.0. The first kappa shape index (κ1) is 45.8. The van der Waals surface area contributed by atoms with Crippen LogP contribution in [0.1, 0.15) is 219 Å². The Balaban J connectivity index is 3.33. The molecular weight excluding hydrogens is 566 g/mol. The third-order valence-electron chi connectivity index (χ3n) is 9.80. The molecule has 0 bridgehead atoms. The molecule has 0 spiro atoms. The van der Waals surface area contributed by atoms with E-state index in [0.717, 1.165) is 39.5 Å². The van der Waals surface area contributed by atoms with Crippen molar-refractivity contribution < 1.29 is 14.6 Å². The minimum atomic E-state index is 0.207. The molecule has 0 radical (unpaired) electrons. The summed E-state index contributed by atoms with van der Waals surface area (Å²) >= 11 is 0. The summed E-state index contributed by atoms with van der Waals surface area (Å²) in [4.78, 5) is 2.28. The van der Waals surface area contributed by atoms with Gasteiger partial charge < -0.3 is 14.6 Å². The van der Waals surface area contributed by atoms with Crippen LogP contribution in [0.5, 0.6) is 0 Å². The fourth-order valence-corrected chi connectivity index (χ4v) is 6.57. The molecule has 46 heavy (non-hydrogen) atoms. The number of hydrogen-bond donors (Lipinski definition) is 1. The molecule has 0 fully saturated rings. The predicted molar refractivity (Wildman–Crippen MR) is 204 cm³/mol. The molecule has 0 saturated carbocycles. The molecular formula is C42H87NO3. The lowest BCUT2D eigenvalue weighted by atomic mass is 10.0. The van der Waals surface area contributed by atoms with Gasteiger partial charge in [0.25, 0.3) is 0 Å². The molecule has 0 aromatic rings. The van der Waals surface area contributed by atoms with Crippen LogP contribution in [0.4, 0.5) is 0 Å². The van der Waals surface area contributed by atoms with Gasteiger partial charge in [-0.05, 0) is 12.8 Å². The van der Waals surface area contributed by atoms with Crippen molar-refractivity contribution in [2.24, 2.45) is 0 Å². The molecule has 0 aromatic heterocycles. The van der Waals surface area contributed by atoms with E-state index < -0.39 is 0 Å². The average molecular weight is 654 g/mol. The van der Waals surface area contributed by atoms with Gasteiger partial charge in [0.15, 0.2) is 0 Å². The molecule has 0 unspecified atom stereocenters. The Hall–Kier alpha value is -0.160. The highest BCUT2D eigenvalue weighted by molar-refractivity contribution is 4.57. The largest absolute Gasteiger partial charge is 0.395 e. The van der Waals surface area contributed by atoms with Gasteiger partial charge >= 0.3 is 0 Å². The summed E-state index contributed by atoms with van der Waals surface area (Å²) in [7, 11) is 0. The smallest absolute Gasteiger partial charge is 0.0593 e. The minimum absolute atomic E-state index is 0.207. The third-order valence-corrected chi connectivity index (χ3v) is 9.80. The van der Waals surface area contributed by atoms with E-state index in [1.807, 2.05) is 0 Å². The maximum Gasteiger partial charge on any atom is 0.0593 e. The van der Waals surface area contributed by atoms with Crippen molar-refractivity contribution in [2.75, 3.05) is 52.7 Å². The fraction of sp³-hybridized carbons (Fsp3) is 1.00. The topological polar surface area (TPSA) is 41.9 Å². The fourth-order valence-electron chi connectivity index (χ4n) is 6.57. The maximum absolute atomic E-state index is 9.43. The van der Waals surface area contributed by atoms with Crippen LogP contribution in [0.2, 0.25) is 0 Å². The molecule has 0 aromatic carbocycles. The van der Waals surface area contributed by atoms with Crippen molar-refractivity contribution in [1.29, 1.82) is 0 Å². The number of aliphatic hydroxyl groups excluding tert-OH is 1. The minimum Gasteiger partial charge on any atom is -0.395 e. The highest BCUT2D eigenvalue weighted by atomic mass is 16.5.